The van der Waals surface area contributed by atoms with E-state index in [1.807, 2.05) is 0 Å². The number of rotatable bonds is 0. The first kappa shape index (κ1) is 17.2. The molecule has 2 saturated carbocycles. The number of carbonyl (C=O) groups is 1. The zero-order chi connectivity index (χ0) is 12.8. The van der Waals surface area contributed by atoms with Gasteiger partial charge in [0.25, 0.3) is 0 Å². The molecule has 0 aromatic rings. The largest absolute Gasteiger partial charge is 2.00 e. The van der Waals surface area contributed by atoms with Crippen molar-refractivity contribution in [3.8, 4) is 0 Å². The summed E-state index contributed by atoms with van der Waals surface area (Å²) in [5, 5.41) is 0. The minimum absolute atomic E-state index is 0. The molecule has 0 aromatic carbocycles. The van der Waals surface area contributed by atoms with E-state index in [1.54, 1.807) is 0 Å². The molecule has 0 spiro atoms. The molecule has 0 heterocycles. The maximum atomic E-state index is 11.6. The zero-order valence-electron chi connectivity index (χ0n) is 10.4. The summed E-state index contributed by atoms with van der Waals surface area (Å²) in [7, 11) is -5.17. The van der Waals surface area contributed by atoms with Gasteiger partial charge in [-0.15, -0.1) is 0 Å². The fourth-order valence-corrected chi connectivity index (χ4v) is 2.90. The average Bonchev–Trinajstić information content (AvgIpc) is 2.33. The fourth-order valence-electron chi connectivity index (χ4n) is 2.90. The zero-order valence-corrected chi connectivity index (χ0v) is 14.1. The van der Waals surface area contributed by atoms with Gasteiger partial charge in [-0.3, -0.25) is 13.2 Å². The monoisotopic (exact) mass is 312 g/mol. The summed E-state index contributed by atoms with van der Waals surface area (Å²) in [6, 6.07) is 0. The van der Waals surface area contributed by atoms with Crippen molar-refractivity contribution < 1.29 is 41.8 Å². The van der Waals surface area contributed by atoms with E-state index in [-0.39, 0.29) is 30.3 Å². The Morgan fingerprint density at radius 1 is 1.24 bits per heavy atom. The van der Waals surface area contributed by atoms with Gasteiger partial charge in [0, 0.05) is 22.2 Å². The van der Waals surface area contributed by atoms with Gasteiger partial charge in [-0.05, 0) is 24.2 Å². The van der Waals surface area contributed by atoms with E-state index in [4.69, 9.17) is 17.5 Å². The minimum Gasteiger partial charge on any atom is -0.759 e. The molecule has 0 saturated heterocycles. The Hall–Kier alpha value is 0.163. The number of ketones is 1. The van der Waals surface area contributed by atoms with Crippen molar-refractivity contribution in [1.82, 2.24) is 0 Å². The molecule has 94 valence electrons. The summed E-state index contributed by atoms with van der Waals surface area (Å²) in [5.74, 6) is 1.19. The SMILES string of the molecule is CC12CCC(CC1=O)C2(C)C.O=S(=O)([O-])[O-].[Zn+2]. The van der Waals surface area contributed by atoms with E-state index < -0.39 is 10.4 Å². The van der Waals surface area contributed by atoms with Gasteiger partial charge in [-0.2, -0.15) is 0 Å². The van der Waals surface area contributed by atoms with Crippen LogP contribution in [-0.4, -0.2) is 23.3 Å². The molecular weight excluding hydrogens is 298 g/mol. The molecule has 2 aliphatic carbocycles. The van der Waals surface area contributed by atoms with Crippen LogP contribution in [0.5, 0.6) is 0 Å². The molecule has 2 rings (SSSR count). The summed E-state index contributed by atoms with van der Waals surface area (Å²) >= 11 is 0. The maximum Gasteiger partial charge on any atom is 2.00 e. The van der Waals surface area contributed by atoms with Crippen molar-refractivity contribution >= 4 is 16.2 Å². The van der Waals surface area contributed by atoms with Crippen LogP contribution in [-0.2, 0) is 34.7 Å². The molecule has 5 nitrogen and oxygen atoms in total. The second-order valence-electron chi connectivity index (χ2n) is 5.32. The molecule has 2 bridgehead atoms. The Morgan fingerprint density at radius 2 is 1.65 bits per heavy atom. The molecule has 0 N–H and O–H groups in total. The molecule has 0 amide bonds. The summed E-state index contributed by atoms with van der Waals surface area (Å²) in [6.07, 6.45) is 3.25. The predicted octanol–water partition coefficient (Wildman–Crippen LogP) is 1.06. The second kappa shape index (κ2) is 5.04. The van der Waals surface area contributed by atoms with Gasteiger partial charge in [0.15, 0.2) is 0 Å². The Bertz CT molecular complexity index is 395. The molecule has 7 heteroatoms. The molecule has 2 aliphatic rings. The van der Waals surface area contributed by atoms with Crippen molar-refractivity contribution in [2.24, 2.45) is 16.7 Å². The van der Waals surface area contributed by atoms with Gasteiger partial charge in [0.05, 0.1) is 0 Å². The third-order valence-corrected chi connectivity index (χ3v) is 4.48. The van der Waals surface area contributed by atoms with Crippen molar-refractivity contribution in [3.63, 3.8) is 0 Å². The van der Waals surface area contributed by atoms with E-state index in [9.17, 15) is 4.79 Å². The predicted molar refractivity (Wildman–Crippen MR) is 54.7 cm³/mol. The number of fused-ring (bicyclic) bond motifs is 2. The van der Waals surface area contributed by atoms with Crippen LogP contribution in [0.25, 0.3) is 0 Å². The number of hydrogen-bond donors (Lipinski definition) is 0. The molecule has 2 atom stereocenters. The summed E-state index contributed by atoms with van der Waals surface area (Å²) in [6.45, 7) is 6.67. The van der Waals surface area contributed by atoms with Gasteiger partial charge in [0.2, 0.25) is 0 Å². The van der Waals surface area contributed by atoms with Crippen molar-refractivity contribution in [1.29, 1.82) is 0 Å². The topological polar surface area (TPSA) is 97.3 Å². The fraction of sp³-hybridized carbons (Fsp3) is 0.900. The van der Waals surface area contributed by atoms with Crippen molar-refractivity contribution in [2.45, 2.75) is 40.0 Å². The Labute approximate surface area is 115 Å². The first-order valence-electron chi connectivity index (χ1n) is 5.18. The van der Waals surface area contributed by atoms with Crippen LogP contribution >= 0.6 is 0 Å². The van der Waals surface area contributed by atoms with Gasteiger partial charge in [-0.25, -0.2) is 0 Å². The van der Waals surface area contributed by atoms with E-state index in [0.717, 1.165) is 12.8 Å². The normalized spacial score (nSPS) is 33.7. The quantitative estimate of drug-likeness (QED) is 0.378. The number of Topliss-reactive ketones (excluding diaryl/α,β-unsaturated/α-hetero) is 1. The minimum atomic E-state index is -5.17. The standard InChI is InChI=1S/C10H16O.H2O4S.Zn/c1-9(2)7-4-5-10(9,3)8(11)6-7;1-5(2,3)4;/h7H,4-6H2,1-3H3;(H2,1,2,3,4);/q;;+2/p-2. The third kappa shape index (κ3) is 3.34. The van der Waals surface area contributed by atoms with E-state index in [2.05, 4.69) is 20.8 Å². The van der Waals surface area contributed by atoms with E-state index in [0.29, 0.717) is 11.7 Å². The van der Waals surface area contributed by atoms with E-state index in [1.165, 1.54) is 6.42 Å². The van der Waals surface area contributed by atoms with Crippen LogP contribution in [0.3, 0.4) is 0 Å². The van der Waals surface area contributed by atoms with Gasteiger partial charge < -0.3 is 9.11 Å². The smallest absolute Gasteiger partial charge is 0.759 e. The molecule has 0 aromatic heterocycles. The van der Waals surface area contributed by atoms with Crippen LogP contribution in [0.2, 0.25) is 0 Å². The number of carbonyl (C=O) groups excluding carboxylic acids is 1. The third-order valence-electron chi connectivity index (χ3n) is 4.48. The van der Waals surface area contributed by atoms with Crippen molar-refractivity contribution in [2.75, 3.05) is 0 Å². The Morgan fingerprint density at radius 3 is 1.76 bits per heavy atom. The second-order valence-corrected chi connectivity index (χ2v) is 6.14. The molecular formula is C10H16O5SZn. The average molecular weight is 314 g/mol. The van der Waals surface area contributed by atoms with Crippen LogP contribution < -0.4 is 0 Å². The Balaban J connectivity index is 0.000000373. The maximum absolute atomic E-state index is 11.6. The molecule has 2 unspecified atom stereocenters. The molecule has 2 fully saturated rings. The Kier molecular flexibility index (Phi) is 5.09. The molecule has 0 aliphatic heterocycles. The molecule has 17 heavy (non-hydrogen) atoms. The first-order chi connectivity index (χ1) is 6.98. The number of hydrogen-bond acceptors (Lipinski definition) is 5. The first-order valence-corrected chi connectivity index (χ1v) is 6.52. The van der Waals surface area contributed by atoms with Crippen LogP contribution in [0.15, 0.2) is 0 Å². The van der Waals surface area contributed by atoms with Crippen LogP contribution in [0, 0.1) is 16.7 Å². The van der Waals surface area contributed by atoms with Gasteiger partial charge in [-0.1, -0.05) is 20.8 Å². The summed E-state index contributed by atoms with van der Waals surface area (Å²) in [5.41, 5.74) is 0.307. The summed E-state index contributed by atoms with van der Waals surface area (Å²) < 4.78 is 34.1. The van der Waals surface area contributed by atoms with Crippen molar-refractivity contribution in [3.05, 3.63) is 0 Å². The van der Waals surface area contributed by atoms with Crippen LogP contribution in [0.4, 0.5) is 0 Å². The molecule has 0 radical (unpaired) electrons. The van der Waals surface area contributed by atoms with E-state index >= 15 is 0 Å². The van der Waals surface area contributed by atoms with Crippen LogP contribution in [0.1, 0.15) is 40.0 Å². The van der Waals surface area contributed by atoms with Gasteiger partial charge >= 0.3 is 19.5 Å². The van der Waals surface area contributed by atoms with Gasteiger partial charge in [0.1, 0.15) is 5.78 Å². The summed E-state index contributed by atoms with van der Waals surface area (Å²) in [4.78, 5) is 11.6.